The quantitative estimate of drug-likeness (QED) is 0.873. The molecule has 0 fully saturated rings. The van der Waals surface area contributed by atoms with Gasteiger partial charge < -0.3 is 5.32 Å². The summed E-state index contributed by atoms with van der Waals surface area (Å²) in [7, 11) is 0. The Bertz CT molecular complexity index is 502. The summed E-state index contributed by atoms with van der Waals surface area (Å²) in [6.07, 6.45) is 0.939. The van der Waals surface area contributed by atoms with Gasteiger partial charge in [0.05, 0.1) is 6.04 Å². The monoisotopic (exact) mass is 275 g/mol. The average Bonchev–Trinajstić information content (AvgIpc) is 2.46. The molecule has 1 aromatic carbocycles. The van der Waals surface area contributed by atoms with E-state index in [2.05, 4.69) is 27.7 Å². The number of amides is 3. The van der Waals surface area contributed by atoms with Gasteiger partial charge in [0.1, 0.15) is 0 Å². The molecule has 0 saturated heterocycles. The van der Waals surface area contributed by atoms with Gasteiger partial charge in [-0.3, -0.25) is 15.0 Å². The van der Waals surface area contributed by atoms with Gasteiger partial charge in [-0.05, 0) is 31.4 Å². The molecule has 0 unspecified atom stereocenters. The van der Waals surface area contributed by atoms with Crippen molar-refractivity contribution in [3.8, 4) is 0 Å². The number of rotatable bonds is 3. The van der Waals surface area contributed by atoms with Crippen LogP contribution in [0, 0.1) is 0 Å². The van der Waals surface area contributed by atoms with Crippen LogP contribution >= 0.6 is 0 Å². The molecule has 5 nitrogen and oxygen atoms in total. The van der Waals surface area contributed by atoms with Gasteiger partial charge in [0.15, 0.2) is 0 Å². The summed E-state index contributed by atoms with van der Waals surface area (Å²) >= 11 is 0. The maximum absolute atomic E-state index is 12.0. The lowest BCUT2D eigenvalue weighted by atomic mass is 9.99. The summed E-state index contributed by atoms with van der Waals surface area (Å²) in [4.78, 5) is 25.5. The van der Waals surface area contributed by atoms with Gasteiger partial charge in [0, 0.05) is 19.6 Å². The number of fused-ring (bicyclic) bond motifs is 1. The van der Waals surface area contributed by atoms with Gasteiger partial charge >= 0.3 is 6.03 Å². The second kappa shape index (κ2) is 6.52. The number of imide groups is 1. The highest BCUT2D eigenvalue weighted by Crippen LogP contribution is 2.20. The van der Waals surface area contributed by atoms with E-state index in [-0.39, 0.29) is 11.9 Å². The van der Waals surface area contributed by atoms with Crippen molar-refractivity contribution in [2.45, 2.75) is 32.9 Å². The number of benzene rings is 1. The lowest BCUT2D eigenvalue weighted by molar-refractivity contribution is -0.125. The number of urea groups is 1. The fourth-order valence-corrected chi connectivity index (χ4v) is 2.44. The molecule has 0 spiro atoms. The van der Waals surface area contributed by atoms with E-state index in [1.54, 1.807) is 0 Å². The minimum Gasteiger partial charge on any atom is -0.338 e. The SMILES string of the molecule is CCNC(=O)NC(=O)[C@H](C)N1CCc2ccccc2C1. The van der Waals surface area contributed by atoms with Gasteiger partial charge in [-0.15, -0.1) is 0 Å². The molecule has 108 valence electrons. The predicted molar refractivity (Wildman–Crippen MR) is 77.2 cm³/mol. The molecular weight excluding hydrogens is 254 g/mol. The van der Waals surface area contributed by atoms with Crippen LogP contribution in [0.1, 0.15) is 25.0 Å². The number of nitrogens with one attached hydrogen (secondary N) is 2. The molecule has 0 bridgehead atoms. The van der Waals surface area contributed by atoms with Gasteiger partial charge in [-0.2, -0.15) is 0 Å². The number of hydrogen-bond acceptors (Lipinski definition) is 3. The van der Waals surface area contributed by atoms with Crippen LogP contribution in [0.5, 0.6) is 0 Å². The van der Waals surface area contributed by atoms with Crippen LogP contribution in [-0.4, -0.2) is 36.0 Å². The smallest absolute Gasteiger partial charge is 0.321 e. The Morgan fingerprint density at radius 2 is 2.00 bits per heavy atom. The summed E-state index contributed by atoms with van der Waals surface area (Å²) < 4.78 is 0. The second-order valence-corrected chi connectivity index (χ2v) is 5.01. The van der Waals surface area contributed by atoms with Crippen molar-refractivity contribution in [1.82, 2.24) is 15.5 Å². The van der Waals surface area contributed by atoms with Gasteiger partial charge in [-0.1, -0.05) is 24.3 Å². The Balaban J connectivity index is 1.95. The van der Waals surface area contributed by atoms with E-state index in [0.29, 0.717) is 6.54 Å². The molecule has 1 atom stereocenters. The van der Waals surface area contributed by atoms with Crippen LogP contribution in [0.25, 0.3) is 0 Å². The van der Waals surface area contributed by atoms with E-state index in [0.717, 1.165) is 19.5 Å². The molecule has 0 saturated carbocycles. The van der Waals surface area contributed by atoms with Crippen molar-refractivity contribution >= 4 is 11.9 Å². The Hall–Kier alpha value is -1.88. The molecule has 3 amide bonds. The van der Waals surface area contributed by atoms with Crippen LogP contribution in [0.4, 0.5) is 4.79 Å². The van der Waals surface area contributed by atoms with Crippen molar-refractivity contribution < 1.29 is 9.59 Å². The van der Waals surface area contributed by atoms with Crippen molar-refractivity contribution in [3.05, 3.63) is 35.4 Å². The van der Waals surface area contributed by atoms with Crippen LogP contribution in [0.3, 0.4) is 0 Å². The first-order chi connectivity index (χ1) is 9.61. The summed E-state index contributed by atoms with van der Waals surface area (Å²) in [5, 5.41) is 4.93. The molecule has 1 heterocycles. The van der Waals surface area contributed by atoms with E-state index in [1.165, 1.54) is 11.1 Å². The summed E-state index contributed by atoms with van der Waals surface area (Å²) in [6.45, 7) is 5.74. The third-order valence-corrected chi connectivity index (χ3v) is 3.66. The van der Waals surface area contributed by atoms with Crippen molar-refractivity contribution in [2.75, 3.05) is 13.1 Å². The normalized spacial score (nSPS) is 16.1. The molecule has 2 N–H and O–H groups in total. The third-order valence-electron chi connectivity index (χ3n) is 3.66. The standard InChI is InChI=1S/C15H21N3O2/c1-3-16-15(20)17-14(19)11(2)18-9-8-12-6-4-5-7-13(12)10-18/h4-7,11H,3,8-10H2,1-2H3,(H2,16,17,19,20)/t11-/m0/s1. The zero-order chi connectivity index (χ0) is 14.5. The average molecular weight is 275 g/mol. The van der Waals surface area contributed by atoms with E-state index in [9.17, 15) is 9.59 Å². The molecule has 1 aromatic rings. The molecule has 0 aliphatic carbocycles. The second-order valence-electron chi connectivity index (χ2n) is 5.01. The molecular formula is C15H21N3O2. The summed E-state index contributed by atoms with van der Waals surface area (Å²) in [5.41, 5.74) is 2.61. The number of hydrogen-bond donors (Lipinski definition) is 2. The van der Waals surface area contributed by atoms with E-state index in [4.69, 9.17) is 0 Å². The first-order valence-electron chi connectivity index (χ1n) is 7.01. The van der Waals surface area contributed by atoms with E-state index in [1.807, 2.05) is 26.0 Å². The summed E-state index contributed by atoms with van der Waals surface area (Å²) in [5.74, 6) is -0.254. The van der Waals surface area contributed by atoms with Crippen LogP contribution in [0.2, 0.25) is 0 Å². The van der Waals surface area contributed by atoms with Gasteiger partial charge in [0.25, 0.3) is 0 Å². The largest absolute Gasteiger partial charge is 0.338 e. The fraction of sp³-hybridized carbons (Fsp3) is 0.467. The van der Waals surface area contributed by atoms with E-state index < -0.39 is 6.03 Å². The lowest BCUT2D eigenvalue weighted by Gasteiger charge is -2.32. The summed E-state index contributed by atoms with van der Waals surface area (Å²) in [6, 6.07) is 7.54. The molecule has 0 aromatic heterocycles. The minimum absolute atomic E-state index is 0.254. The Morgan fingerprint density at radius 3 is 2.70 bits per heavy atom. The topological polar surface area (TPSA) is 61.4 Å². The molecule has 1 aliphatic rings. The van der Waals surface area contributed by atoms with Crippen molar-refractivity contribution in [3.63, 3.8) is 0 Å². The Labute approximate surface area is 119 Å². The zero-order valence-corrected chi connectivity index (χ0v) is 12.0. The van der Waals surface area contributed by atoms with Gasteiger partial charge in [0.2, 0.25) is 5.91 Å². The first kappa shape index (κ1) is 14.5. The number of nitrogens with zero attached hydrogens (tertiary/aromatic N) is 1. The highest BCUT2D eigenvalue weighted by molar-refractivity contribution is 5.96. The molecule has 0 radical (unpaired) electrons. The predicted octanol–water partition coefficient (Wildman–Crippen LogP) is 1.28. The van der Waals surface area contributed by atoms with E-state index >= 15 is 0 Å². The maximum atomic E-state index is 12.0. The van der Waals surface area contributed by atoms with Crippen molar-refractivity contribution in [2.24, 2.45) is 0 Å². The highest BCUT2D eigenvalue weighted by atomic mass is 16.2. The third kappa shape index (κ3) is 3.36. The molecule has 5 heteroatoms. The molecule has 2 rings (SSSR count). The fourth-order valence-electron chi connectivity index (χ4n) is 2.44. The van der Waals surface area contributed by atoms with Gasteiger partial charge in [-0.25, -0.2) is 4.79 Å². The first-order valence-corrected chi connectivity index (χ1v) is 7.01. The van der Waals surface area contributed by atoms with Crippen LogP contribution in [-0.2, 0) is 17.8 Å². The number of carbonyl (C=O) groups excluding carboxylic acids is 2. The van der Waals surface area contributed by atoms with Crippen molar-refractivity contribution in [1.29, 1.82) is 0 Å². The number of carbonyl (C=O) groups is 2. The molecule has 1 aliphatic heterocycles. The Morgan fingerprint density at radius 1 is 1.30 bits per heavy atom. The Kier molecular flexibility index (Phi) is 4.74. The highest BCUT2D eigenvalue weighted by Gasteiger charge is 2.25. The lowest BCUT2D eigenvalue weighted by Crippen LogP contribution is -2.50. The molecule has 20 heavy (non-hydrogen) atoms. The minimum atomic E-state index is -0.429. The maximum Gasteiger partial charge on any atom is 0.321 e. The zero-order valence-electron chi connectivity index (χ0n) is 12.0. The van der Waals surface area contributed by atoms with Crippen LogP contribution < -0.4 is 10.6 Å². The van der Waals surface area contributed by atoms with Crippen LogP contribution in [0.15, 0.2) is 24.3 Å².